The monoisotopic (exact) mass is 1130 g/mol. The Labute approximate surface area is 510 Å². The number of hydrogen-bond acceptors (Lipinski definition) is 4. The predicted molar refractivity (Wildman–Crippen MR) is 379 cm³/mol. The maximum atomic E-state index is 6.43. The first-order valence-corrected chi connectivity index (χ1v) is 31.0. The van der Waals surface area contributed by atoms with Crippen LogP contribution in [0.3, 0.4) is 0 Å². The average Bonchev–Trinajstić information content (AvgIpc) is 1.49. The molecule has 0 saturated heterocycles. The van der Waals surface area contributed by atoms with Gasteiger partial charge in [0.25, 0.3) is 0 Å². The first-order valence-electron chi connectivity index (χ1n) is 30.2. The second-order valence-electron chi connectivity index (χ2n) is 23.5. The van der Waals surface area contributed by atoms with E-state index in [0.29, 0.717) is 0 Å². The van der Waals surface area contributed by atoms with Crippen molar-refractivity contribution in [2.45, 2.75) is 0 Å². The third-order valence-corrected chi connectivity index (χ3v) is 19.8. The van der Waals surface area contributed by atoms with Crippen molar-refractivity contribution in [3.8, 4) is 11.1 Å². The van der Waals surface area contributed by atoms with Crippen molar-refractivity contribution in [2.24, 2.45) is 0 Å². The van der Waals surface area contributed by atoms with Crippen LogP contribution < -0.4 is 9.80 Å². The van der Waals surface area contributed by atoms with E-state index in [2.05, 4.69) is 307 Å². The minimum atomic E-state index is 0.874. The molecule has 2 heterocycles. The van der Waals surface area contributed by atoms with Crippen LogP contribution >= 0.6 is 11.3 Å². The molecule has 0 radical (unpaired) electrons. The summed E-state index contributed by atoms with van der Waals surface area (Å²) in [7, 11) is 0. The maximum Gasteiger partial charge on any atom is 0.135 e. The Morgan fingerprint density at radius 3 is 1.02 bits per heavy atom. The van der Waals surface area contributed by atoms with E-state index in [-0.39, 0.29) is 0 Å². The molecule has 0 aliphatic carbocycles. The van der Waals surface area contributed by atoms with Gasteiger partial charge in [-0.25, -0.2) is 0 Å². The van der Waals surface area contributed by atoms with Crippen molar-refractivity contribution in [3.63, 3.8) is 0 Å². The zero-order chi connectivity index (χ0) is 57.6. The standard InChI is InChI=1S/C84H50N2OS/c1-2-17-51(18-3-1)52-19-16-20-53(43-52)85(54-33-38-69-63-25-6-4-21-59(63)61-23-8-10-27-65(61)73(69)44-54)58-37-42-83-79(48-58)80-49-76-68-30-13-12-29-67(68)75-46-56(35-40-71(75)77(76)50-84(80)88-83)86(57-36-41-82-78(47-57)72-31-14-15-32-81(72)87-82)55-34-39-70-64-26-7-5-22-60(64)62-24-9-11-28-66(62)74(70)45-55/h1-50H. The van der Waals surface area contributed by atoms with Crippen LogP contribution in [0.2, 0.25) is 0 Å². The molecule has 0 fully saturated rings. The van der Waals surface area contributed by atoms with Gasteiger partial charge in [0.2, 0.25) is 0 Å². The normalized spacial score (nSPS) is 12.1. The number of hydrogen-bond donors (Lipinski definition) is 0. The fourth-order valence-electron chi connectivity index (χ4n) is 14.7. The molecule has 88 heavy (non-hydrogen) atoms. The molecular formula is C84H50N2OS. The smallest absolute Gasteiger partial charge is 0.135 e. The van der Waals surface area contributed by atoms with E-state index in [4.69, 9.17) is 4.42 Å². The number of benzene rings is 17. The summed E-state index contributed by atoms with van der Waals surface area (Å²) in [4.78, 5) is 4.90. The number of thiophene rings is 1. The summed E-state index contributed by atoms with van der Waals surface area (Å²) in [6.07, 6.45) is 0. The Hall–Kier alpha value is -11.3. The Bertz CT molecular complexity index is 6090. The molecule has 0 saturated carbocycles. The minimum absolute atomic E-state index is 0.874. The van der Waals surface area contributed by atoms with Gasteiger partial charge in [0.05, 0.1) is 0 Å². The Morgan fingerprint density at radius 1 is 0.182 bits per heavy atom. The van der Waals surface area contributed by atoms with Crippen molar-refractivity contribution < 1.29 is 4.42 Å². The van der Waals surface area contributed by atoms with Gasteiger partial charge in [-0.1, -0.05) is 200 Å². The number of furan rings is 1. The molecule has 0 bridgehead atoms. The molecular weight excluding hydrogens is 1090 g/mol. The van der Waals surface area contributed by atoms with Crippen LogP contribution in [0.5, 0.6) is 0 Å². The fraction of sp³-hybridized carbons (Fsp3) is 0. The van der Waals surface area contributed by atoms with E-state index in [1.165, 1.54) is 128 Å². The van der Waals surface area contributed by atoms with Crippen molar-refractivity contribution in [2.75, 3.05) is 9.80 Å². The van der Waals surface area contributed by atoms with Gasteiger partial charge in [-0.2, -0.15) is 0 Å². The molecule has 19 rings (SSSR count). The number of fused-ring (bicyclic) bond motifs is 24. The van der Waals surface area contributed by atoms with Crippen LogP contribution in [-0.4, -0.2) is 0 Å². The summed E-state index contributed by atoms with van der Waals surface area (Å²) < 4.78 is 8.95. The summed E-state index contributed by atoms with van der Waals surface area (Å²) in [6, 6.07) is 112. The summed E-state index contributed by atoms with van der Waals surface area (Å²) in [5, 5.41) is 27.1. The Kier molecular flexibility index (Phi) is 10.6. The third-order valence-electron chi connectivity index (χ3n) is 18.7. The Balaban J connectivity index is 0.801. The summed E-state index contributed by atoms with van der Waals surface area (Å²) in [5.41, 5.74) is 10.7. The molecule has 17 aromatic carbocycles. The fourth-order valence-corrected chi connectivity index (χ4v) is 15.9. The SMILES string of the molecule is c1ccc(-c2cccc(N(c3ccc4sc5cc6c7ccc(N(c8ccc9oc%10ccccc%10c9c8)c8ccc9c%10ccccc%10c%10ccccc%10c9c8)cc7c7ccccc7c6cc5c4c3)c3ccc4c5ccccc5c5ccccc5c4c3)c2)cc1. The average molecular weight is 1140 g/mol. The molecule has 408 valence electrons. The minimum Gasteiger partial charge on any atom is -0.456 e. The van der Waals surface area contributed by atoms with Gasteiger partial charge in [0, 0.05) is 65.1 Å². The van der Waals surface area contributed by atoms with Crippen LogP contribution in [-0.2, 0) is 0 Å². The van der Waals surface area contributed by atoms with Gasteiger partial charge in [0.1, 0.15) is 11.2 Å². The first kappa shape index (κ1) is 49.0. The van der Waals surface area contributed by atoms with Crippen LogP contribution in [0.1, 0.15) is 0 Å². The van der Waals surface area contributed by atoms with E-state index in [1.807, 2.05) is 17.4 Å². The van der Waals surface area contributed by atoms with Crippen LogP contribution in [0.15, 0.2) is 308 Å². The van der Waals surface area contributed by atoms with Crippen molar-refractivity contribution in [3.05, 3.63) is 303 Å². The number of rotatable bonds is 7. The van der Waals surface area contributed by atoms with E-state index >= 15 is 0 Å². The summed E-state index contributed by atoms with van der Waals surface area (Å²) in [5.74, 6) is 0. The molecule has 2 aromatic heterocycles. The van der Waals surface area contributed by atoms with E-state index in [9.17, 15) is 0 Å². The van der Waals surface area contributed by atoms with Gasteiger partial charge in [-0.05, 0) is 211 Å². The number of anilines is 6. The molecule has 0 aliphatic heterocycles. The molecule has 0 aliphatic rings. The summed E-state index contributed by atoms with van der Waals surface area (Å²) in [6.45, 7) is 0. The lowest BCUT2D eigenvalue weighted by atomic mass is 9.92. The van der Waals surface area contributed by atoms with Crippen molar-refractivity contribution >= 4 is 185 Å². The zero-order valence-electron chi connectivity index (χ0n) is 47.6. The number of nitrogens with zero attached hydrogens (tertiary/aromatic N) is 2. The molecule has 0 N–H and O–H groups in total. The molecule has 4 heteroatoms. The highest BCUT2D eigenvalue weighted by molar-refractivity contribution is 7.26. The molecule has 3 nitrogen and oxygen atoms in total. The van der Waals surface area contributed by atoms with Gasteiger partial charge in [-0.15, -0.1) is 11.3 Å². The van der Waals surface area contributed by atoms with Gasteiger partial charge >= 0.3 is 0 Å². The highest BCUT2D eigenvalue weighted by Crippen LogP contribution is 2.49. The van der Waals surface area contributed by atoms with E-state index in [0.717, 1.165) is 56.1 Å². The number of para-hydroxylation sites is 1. The maximum absolute atomic E-state index is 6.43. The second-order valence-corrected chi connectivity index (χ2v) is 24.5. The van der Waals surface area contributed by atoms with Gasteiger partial charge < -0.3 is 14.2 Å². The molecule has 0 unspecified atom stereocenters. The molecule has 0 amide bonds. The van der Waals surface area contributed by atoms with Gasteiger partial charge in [0.15, 0.2) is 0 Å². The highest BCUT2D eigenvalue weighted by atomic mass is 32.1. The highest BCUT2D eigenvalue weighted by Gasteiger charge is 2.23. The lowest BCUT2D eigenvalue weighted by molar-refractivity contribution is 0.669. The molecule has 0 spiro atoms. The van der Waals surface area contributed by atoms with Crippen LogP contribution in [0, 0.1) is 0 Å². The lowest BCUT2D eigenvalue weighted by Crippen LogP contribution is -2.10. The largest absolute Gasteiger partial charge is 0.456 e. The van der Waals surface area contributed by atoms with E-state index < -0.39 is 0 Å². The van der Waals surface area contributed by atoms with Crippen molar-refractivity contribution in [1.29, 1.82) is 0 Å². The zero-order valence-corrected chi connectivity index (χ0v) is 48.4. The Morgan fingerprint density at radius 2 is 0.511 bits per heavy atom. The predicted octanol–water partition coefficient (Wildman–Crippen LogP) is 24.9. The van der Waals surface area contributed by atoms with E-state index in [1.54, 1.807) is 0 Å². The molecule has 19 aromatic rings. The van der Waals surface area contributed by atoms with Crippen LogP contribution in [0.4, 0.5) is 34.1 Å². The first-order chi connectivity index (χ1) is 43.6. The van der Waals surface area contributed by atoms with Gasteiger partial charge in [-0.3, -0.25) is 0 Å². The second kappa shape index (κ2) is 19.1. The molecule has 0 atom stereocenters. The summed E-state index contributed by atoms with van der Waals surface area (Å²) >= 11 is 1.88. The quantitative estimate of drug-likeness (QED) is 0.148. The van der Waals surface area contributed by atoms with Crippen LogP contribution in [0.25, 0.3) is 150 Å². The lowest BCUT2D eigenvalue weighted by Gasteiger charge is -2.27. The third kappa shape index (κ3) is 7.43. The topological polar surface area (TPSA) is 19.6 Å². The van der Waals surface area contributed by atoms with Crippen molar-refractivity contribution in [1.82, 2.24) is 0 Å².